The highest BCUT2D eigenvalue weighted by Crippen LogP contribution is 2.48. The predicted molar refractivity (Wildman–Crippen MR) is 51.4 cm³/mol. The number of hydrogen-bond donors (Lipinski definition) is 1. The fraction of sp³-hybridized carbons (Fsp3) is 0.455. The van der Waals surface area contributed by atoms with E-state index in [9.17, 15) is 13.2 Å². The lowest BCUT2D eigenvalue weighted by molar-refractivity contribution is -0.137. The maximum Gasteiger partial charge on any atom is 0.416 e. The Morgan fingerprint density at radius 2 is 1.93 bits per heavy atom. The third-order valence-corrected chi connectivity index (χ3v) is 3.05. The van der Waals surface area contributed by atoms with Crippen molar-refractivity contribution in [2.45, 2.75) is 24.4 Å². The Kier molecular flexibility index (Phi) is 2.26. The van der Waals surface area contributed by atoms with Crippen molar-refractivity contribution in [3.05, 3.63) is 35.4 Å². The van der Waals surface area contributed by atoms with Crippen molar-refractivity contribution in [2.75, 3.05) is 6.54 Å². The van der Waals surface area contributed by atoms with E-state index in [1.807, 2.05) is 0 Å². The zero-order valence-electron chi connectivity index (χ0n) is 8.14. The van der Waals surface area contributed by atoms with Gasteiger partial charge in [0.25, 0.3) is 0 Å². The summed E-state index contributed by atoms with van der Waals surface area (Å²) in [6.07, 6.45) is -2.48. The Labute approximate surface area is 86.1 Å². The van der Waals surface area contributed by atoms with E-state index in [1.165, 1.54) is 12.1 Å². The molecule has 1 fully saturated rings. The van der Waals surface area contributed by atoms with Crippen LogP contribution in [-0.2, 0) is 11.6 Å². The first kappa shape index (κ1) is 10.5. The van der Waals surface area contributed by atoms with E-state index in [4.69, 9.17) is 5.73 Å². The lowest BCUT2D eigenvalue weighted by Crippen LogP contribution is -2.20. The maximum absolute atomic E-state index is 12.4. The van der Waals surface area contributed by atoms with Gasteiger partial charge in [-0.2, -0.15) is 13.2 Å². The Balaban J connectivity index is 2.35. The molecule has 0 unspecified atom stereocenters. The predicted octanol–water partition coefficient (Wildman–Crippen LogP) is 2.70. The van der Waals surface area contributed by atoms with Crippen molar-refractivity contribution in [2.24, 2.45) is 5.73 Å². The maximum atomic E-state index is 12.4. The highest BCUT2D eigenvalue weighted by atomic mass is 19.4. The van der Waals surface area contributed by atoms with Gasteiger partial charge in [-0.25, -0.2) is 0 Å². The Bertz CT molecular complexity index is 366. The van der Waals surface area contributed by atoms with Crippen LogP contribution in [0.1, 0.15) is 24.0 Å². The third kappa shape index (κ3) is 1.86. The van der Waals surface area contributed by atoms with Crippen LogP contribution in [0, 0.1) is 0 Å². The molecule has 0 spiro atoms. The van der Waals surface area contributed by atoms with Crippen LogP contribution in [0.15, 0.2) is 24.3 Å². The van der Waals surface area contributed by atoms with Crippen LogP contribution in [-0.4, -0.2) is 6.54 Å². The van der Waals surface area contributed by atoms with Crippen LogP contribution in [0.25, 0.3) is 0 Å². The number of rotatable bonds is 2. The monoisotopic (exact) mass is 215 g/mol. The molecular formula is C11H12F3N. The second-order valence-corrected chi connectivity index (χ2v) is 4.06. The summed E-state index contributed by atoms with van der Waals surface area (Å²) in [6.45, 7) is 0.425. The first-order chi connectivity index (χ1) is 6.98. The molecule has 0 saturated heterocycles. The summed E-state index contributed by atoms with van der Waals surface area (Å²) in [6, 6.07) is 5.50. The molecule has 0 heterocycles. The molecule has 0 atom stereocenters. The molecule has 0 radical (unpaired) electrons. The number of hydrogen-bond acceptors (Lipinski definition) is 1. The molecule has 1 aromatic carbocycles. The van der Waals surface area contributed by atoms with Gasteiger partial charge in [0.1, 0.15) is 0 Å². The zero-order chi connectivity index (χ0) is 11.1. The second-order valence-electron chi connectivity index (χ2n) is 4.06. The molecule has 1 aliphatic rings. The summed E-state index contributed by atoms with van der Waals surface area (Å²) in [5, 5.41) is 0. The molecule has 1 nitrogen and oxygen atoms in total. The van der Waals surface area contributed by atoms with Crippen molar-refractivity contribution in [3.8, 4) is 0 Å². The van der Waals surface area contributed by atoms with Gasteiger partial charge >= 0.3 is 6.18 Å². The first-order valence-corrected chi connectivity index (χ1v) is 4.86. The molecule has 1 aliphatic carbocycles. The van der Waals surface area contributed by atoms with Gasteiger partial charge in [0.2, 0.25) is 0 Å². The molecule has 82 valence electrons. The standard InChI is InChI=1S/C11H12F3N/c12-11(13,14)9-3-1-2-8(6-9)10(7-15)4-5-10/h1-3,6H,4-5,7,15H2. The second kappa shape index (κ2) is 3.23. The highest BCUT2D eigenvalue weighted by Gasteiger charge is 2.43. The smallest absolute Gasteiger partial charge is 0.330 e. The SMILES string of the molecule is NCC1(c2cccc(C(F)(F)F)c2)CC1. The summed E-state index contributed by atoms with van der Waals surface area (Å²) >= 11 is 0. The number of benzene rings is 1. The van der Waals surface area contributed by atoms with Crippen molar-refractivity contribution in [1.29, 1.82) is 0 Å². The van der Waals surface area contributed by atoms with E-state index < -0.39 is 11.7 Å². The summed E-state index contributed by atoms with van der Waals surface area (Å²) in [5.41, 5.74) is 5.54. The summed E-state index contributed by atoms with van der Waals surface area (Å²) in [7, 11) is 0. The van der Waals surface area contributed by atoms with Gasteiger partial charge in [0.15, 0.2) is 0 Å². The average molecular weight is 215 g/mol. The molecule has 2 rings (SSSR count). The van der Waals surface area contributed by atoms with Crippen LogP contribution in [0.3, 0.4) is 0 Å². The van der Waals surface area contributed by atoms with Crippen LogP contribution >= 0.6 is 0 Å². The molecular weight excluding hydrogens is 203 g/mol. The molecule has 1 saturated carbocycles. The van der Waals surface area contributed by atoms with Crippen molar-refractivity contribution >= 4 is 0 Å². The minimum atomic E-state index is -4.26. The van der Waals surface area contributed by atoms with E-state index in [0.29, 0.717) is 6.54 Å². The summed E-state index contributed by atoms with van der Waals surface area (Å²) in [4.78, 5) is 0. The Morgan fingerprint density at radius 1 is 1.27 bits per heavy atom. The normalized spacial score (nSPS) is 18.9. The van der Waals surface area contributed by atoms with Crippen LogP contribution < -0.4 is 5.73 Å². The van der Waals surface area contributed by atoms with Gasteiger partial charge in [0.05, 0.1) is 5.56 Å². The van der Waals surface area contributed by atoms with Gasteiger partial charge in [-0.1, -0.05) is 18.2 Å². The van der Waals surface area contributed by atoms with Crippen LogP contribution in [0.4, 0.5) is 13.2 Å². The van der Waals surface area contributed by atoms with Gasteiger partial charge < -0.3 is 5.73 Å². The highest BCUT2D eigenvalue weighted by molar-refractivity contribution is 5.36. The Morgan fingerprint density at radius 3 is 2.40 bits per heavy atom. The molecule has 2 N–H and O–H groups in total. The molecule has 1 aromatic rings. The average Bonchev–Trinajstić information content (AvgIpc) is 2.97. The minimum absolute atomic E-state index is 0.179. The van der Waals surface area contributed by atoms with E-state index in [0.717, 1.165) is 24.5 Å². The number of alkyl halides is 3. The molecule has 0 aliphatic heterocycles. The minimum Gasteiger partial charge on any atom is -0.330 e. The molecule has 0 bridgehead atoms. The largest absolute Gasteiger partial charge is 0.416 e. The van der Waals surface area contributed by atoms with E-state index in [2.05, 4.69) is 0 Å². The number of halogens is 3. The zero-order valence-corrected chi connectivity index (χ0v) is 8.14. The molecule has 0 amide bonds. The Hall–Kier alpha value is -1.03. The molecule has 0 aromatic heterocycles. The number of nitrogens with two attached hydrogens (primary N) is 1. The lowest BCUT2D eigenvalue weighted by atomic mass is 9.94. The van der Waals surface area contributed by atoms with E-state index in [1.54, 1.807) is 6.07 Å². The fourth-order valence-electron chi connectivity index (χ4n) is 1.79. The molecule has 15 heavy (non-hydrogen) atoms. The van der Waals surface area contributed by atoms with Crippen LogP contribution in [0.2, 0.25) is 0 Å². The summed E-state index contributed by atoms with van der Waals surface area (Å²) in [5.74, 6) is 0. The summed E-state index contributed by atoms with van der Waals surface area (Å²) < 4.78 is 37.3. The quantitative estimate of drug-likeness (QED) is 0.806. The van der Waals surface area contributed by atoms with E-state index >= 15 is 0 Å². The van der Waals surface area contributed by atoms with Gasteiger partial charge in [0, 0.05) is 12.0 Å². The fourth-order valence-corrected chi connectivity index (χ4v) is 1.79. The van der Waals surface area contributed by atoms with Crippen molar-refractivity contribution in [3.63, 3.8) is 0 Å². The third-order valence-electron chi connectivity index (χ3n) is 3.05. The first-order valence-electron chi connectivity index (χ1n) is 4.86. The molecule has 4 heteroatoms. The van der Waals surface area contributed by atoms with Gasteiger partial charge in [-0.15, -0.1) is 0 Å². The van der Waals surface area contributed by atoms with Crippen molar-refractivity contribution < 1.29 is 13.2 Å². The van der Waals surface area contributed by atoms with Gasteiger partial charge in [-0.05, 0) is 24.5 Å². The van der Waals surface area contributed by atoms with Crippen LogP contribution in [0.5, 0.6) is 0 Å². The van der Waals surface area contributed by atoms with E-state index in [-0.39, 0.29) is 5.41 Å². The lowest BCUT2D eigenvalue weighted by Gasteiger charge is -2.15. The topological polar surface area (TPSA) is 26.0 Å². The van der Waals surface area contributed by atoms with Crippen molar-refractivity contribution in [1.82, 2.24) is 0 Å². The van der Waals surface area contributed by atoms with Gasteiger partial charge in [-0.3, -0.25) is 0 Å².